The molecule has 2 aromatic rings. The van der Waals surface area contributed by atoms with Crippen LogP contribution in [0.15, 0.2) is 22.7 Å². The third-order valence-electron chi connectivity index (χ3n) is 2.53. The van der Waals surface area contributed by atoms with Gasteiger partial charge < -0.3 is 15.0 Å². The third kappa shape index (κ3) is 3.93. The van der Waals surface area contributed by atoms with E-state index in [1.54, 1.807) is 18.2 Å². The standard InChI is InChI=1S/C13H15Cl2N3O2/c1-2-3-19-7-11(16)12-17-13(20-18-12)8-4-9(14)6-10(15)5-8/h4-6,11H,2-3,7,16H2,1H3. The number of hydrogen-bond acceptors (Lipinski definition) is 5. The summed E-state index contributed by atoms with van der Waals surface area (Å²) in [6.45, 7) is 3.03. The molecule has 0 aliphatic rings. The average molecular weight is 316 g/mol. The molecule has 20 heavy (non-hydrogen) atoms. The van der Waals surface area contributed by atoms with Crippen molar-refractivity contribution in [3.63, 3.8) is 0 Å². The molecule has 1 atom stereocenters. The molecule has 0 aliphatic heterocycles. The first kappa shape index (κ1) is 15.3. The Morgan fingerprint density at radius 3 is 2.65 bits per heavy atom. The van der Waals surface area contributed by atoms with Crippen LogP contribution in [0, 0.1) is 0 Å². The maximum absolute atomic E-state index is 5.93. The van der Waals surface area contributed by atoms with E-state index in [0.29, 0.717) is 40.5 Å². The van der Waals surface area contributed by atoms with Crippen molar-refractivity contribution in [3.05, 3.63) is 34.1 Å². The van der Waals surface area contributed by atoms with Gasteiger partial charge in [-0.1, -0.05) is 35.3 Å². The minimum Gasteiger partial charge on any atom is -0.379 e. The zero-order valence-electron chi connectivity index (χ0n) is 11.0. The van der Waals surface area contributed by atoms with Gasteiger partial charge in [-0.15, -0.1) is 0 Å². The molecule has 0 radical (unpaired) electrons. The highest BCUT2D eigenvalue weighted by Gasteiger charge is 2.16. The van der Waals surface area contributed by atoms with Crippen LogP contribution in [0.1, 0.15) is 25.2 Å². The van der Waals surface area contributed by atoms with E-state index in [0.717, 1.165) is 6.42 Å². The van der Waals surface area contributed by atoms with Crippen LogP contribution in [0.25, 0.3) is 11.5 Å². The number of halogens is 2. The van der Waals surface area contributed by atoms with Gasteiger partial charge >= 0.3 is 0 Å². The summed E-state index contributed by atoms with van der Waals surface area (Å²) < 4.78 is 10.5. The van der Waals surface area contributed by atoms with Crippen molar-refractivity contribution in [2.75, 3.05) is 13.2 Å². The molecule has 0 saturated heterocycles. The first-order valence-corrected chi connectivity index (χ1v) is 6.99. The maximum atomic E-state index is 5.93. The molecule has 2 rings (SSSR count). The van der Waals surface area contributed by atoms with Gasteiger partial charge in [-0.2, -0.15) is 4.98 Å². The maximum Gasteiger partial charge on any atom is 0.258 e. The lowest BCUT2D eigenvalue weighted by Gasteiger charge is -2.06. The number of rotatable bonds is 6. The molecule has 1 heterocycles. The predicted molar refractivity (Wildman–Crippen MR) is 77.8 cm³/mol. The van der Waals surface area contributed by atoms with Crippen molar-refractivity contribution in [1.29, 1.82) is 0 Å². The quantitative estimate of drug-likeness (QED) is 0.826. The number of hydrogen-bond donors (Lipinski definition) is 1. The van der Waals surface area contributed by atoms with Gasteiger partial charge in [0.05, 0.1) is 12.6 Å². The van der Waals surface area contributed by atoms with Gasteiger partial charge in [0.1, 0.15) is 0 Å². The summed E-state index contributed by atoms with van der Waals surface area (Å²) in [5, 5.41) is 4.86. The van der Waals surface area contributed by atoms with Crippen molar-refractivity contribution >= 4 is 23.2 Å². The predicted octanol–water partition coefficient (Wildman–Crippen LogP) is 3.47. The Bertz CT molecular complexity index is 554. The summed E-state index contributed by atoms with van der Waals surface area (Å²) in [7, 11) is 0. The monoisotopic (exact) mass is 315 g/mol. The van der Waals surface area contributed by atoms with Crippen molar-refractivity contribution in [2.45, 2.75) is 19.4 Å². The Morgan fingerprint density at radius 1 is 1.30 bits per heavy atom. The molecule has 0 fully saturated rings. The normalized spacial score (nSPS) is 12.6. The largest absolute Gasteiger partial charge is 0.379 e. The molecular formula is C13H15Cl2N3O2. The van der Waals surface area contributed by atoms with Crippen LogP contribution < -0.4 is 5.73 Å². The number of ether oxygens (including phenoxy) is 1. The lowest BCUT2D eigenvalue weighted by molar-refractivity contribution is 0.119. The van der Waals surface area contributed by atoms with Gasteiger partial charge in [0.2, 0.25) is 0 Å². The minimum absolute atomic E-state index is 0.329. The average Bonchev–Trinajstić information content (AvgIpc) is 2.87. The second kappa shape index (κ2) is 7.04. The molecule has 1 unspecified atom stereocenters. The van der Waals surface area contributed by atoms with Gasteiger partial charge in [-0.3, -0.25) is 0 Å². The minimum atomic E-state index is -0.422. The SMILES string of the molecule is CCCOCC(N)c1noc(-c2cc(Cl)cc(Cl)c2)n1. The summed E-state index contributed by atoms with van der Waals surface area (Å²) in [6, 6.07) is 4.61. The van der Waals surface area contributed by atoms with Crippen molar-refractivity contribution < 1.29 is 9.26 Å². The fourth-order valence-electron chi connectivity index (χ4n) is 1.61. The molecule has 7 heteroatoms. The van der Waals surface area contributed by atoms with Crippen molar-refractivity contribution in [3.8, 4) is 11.5 Å². The Morgan fingerprint density at radius 2 is 2.00 bits per heavy atom. The Labute approximate surface area is 127 Å². The first-order valence-electron chi connectivity index (χ1n) is 6.23. The Hall–Kier alpha value is -1.14. The third-order valence-corrected chi connectivity index (χ3v) is 2.97. The second-order valence-corrected chi connectivity index (χ2v) is 5.17. The van der Waals surface area contributed by atoms with Gasteiger partial charge in [-0.05, 0) is 24.6 Å². The van der Waals surface area contributed by atoms with E-state index in [2.05, 4.69) is 10.1 Å². The van der Waals surface area contributed by atoms with E-state index in [-0.39, 0.29) is 0 Å². The Balaban J connectivity index is 2.11. The molecule has 0 bridgehead atoms. The molecule has 1 aromatic carbocycles. The summed E-state index contributed by atoms with van der Waals surface area (Å²) in [4.78, 5) is 4.24. The van der Waals surface area contributed by atoms with Gasteiger partial charge in [0.25, 0.3) is 5.89 Å². The van der Waals surface area contributed by atoms with E-state index >= 15 is 0 Å². The van der Waals surface area contributed by atoms with Gasteiger partial charge in [-0.25, -0.2) is 0 Å². The van der Waals surface area contributed by atoms with E-state index in [1.807, 2.05) is 6.92 Å². The molecule has 0 spiro atoms. The van der Waals surface area contributed by atoms with E-state index < -0.39 is 6.04 Å². The highest BCUT2D eigenvalue weighted by molar-refractivity contribution is 6.35. The van der Waals surface area contributed by atoms with Crippen LogP contribution in [0.2, 0.25) is 10.0 Å². The van der Waals surface area contributed by atoms with Crippen molar-refractivity contribution in [1.82, 2.24) is 10.1 Å². The molecule has 108 valence electrons. The van der Waals surface area contributed by atoms with Crippen LogP contribution >= 0.6 is 23.2 Å². The van der Waals surface area contributed by atoms with E-state index in [9.17, 15) is 0 Å². The first-order chi connectivity index (χ1) is 9.60. The van der Waals surface area contributed by atoms with Crippen LogP contribution in [0.4, 0.5) is 0 Å². The molecule has 0 amide bonds. The fourth-order valence-corrected chi connectivity index (χ4v) is 2.14. The Kier molecular flexibility index (Phi) is 5.37. The molecule has 2 N–H and O–H groups in total. The summed E-state index contributed by atoms with van der Waals surface area (Å²) in [6.07, 6.45) is 0.936. The highest BCUT2D eigenvalue weighted by Crippen LogP contribution is 2.26. The van der Waals surface area contributed by atoms with Crippen molar-refractivity contribution in [2.24, 2.45) is 5.73 Å². The smallest absolute Gasteiger partial charge is 0.258 e. The number of aromatic nitrogens is 2. The van der Waals surface area contributed by atoms with Gasteiger partial charge in [0.15, 0.2) is 5.82 Å². The fraction of sp³-hybridized carbons (Fsp3) is 0.385. The summed E-state index contributed by atoms with van der Waals surface area (Å²) in [5.41, 5.74) is 6.58. The lowest BCUT2D eigenvalue weighted by Crippen LogP contribution is -2.18. The van der Waals surface area contributed by atoms with Crippen LogP contribution in [-0.4, -0.2) is 23.4 Å². The van der Waals surface area contributed by atoms with Gasteiger partial charge in [0, 0.05) is 22.2 Å². The van der Waals surface area contributed by atoms with E-state index in [1.165, 1.54) is 0 Å². The molecule has 1 aromatic heterocycles. The van der Waals surface area contributed by atoms with E-state index in [4.69, 9.17) is 38.2 Å². The zero-order chi connectivity index (χ0) is 14.5. The topological polar surface area (TPSA) is 74.2 Å². The van der Waals surface area contributed by atoms with Crippen LogP contribution in [0.3, 0.4) is 0 Å². The van der Waals surface area contributed by atoms with Crippen LogP contribution in [0.5, 0.6) is 0 Å². The second-order valence-electron chi connectivity index (χ2n) is 4.30. The molecule has 5 nitrogen and oxygen atoms in total. The summed E-state index contributed by atoms with van der Waals surface area (Å²) in [5.74, 6) is 0.725. The molecular weight excluding hydrogens is 301 g/mol. The number of benzene rings is 1. The number of nitrogens with two attached hydrogens (primary N) is 1. The highest BCUT2D eigenvalue weighted by atomic mass is 35.5. The zero-order valence-corrected chi connectivity index (χ0v) is 12.5. The van der Waals surface area contributed by atoms with Crippen LogP contribution in [-0.2, 0) is 4.74 Å². The molecule has 0 aliphatic carbocycles. The lowest BCUT2D eigenvalue weighted by atomic mass is 10.2. The summed E-state index contributed by atoms with van der Waals surface area (Å²) >= 11 is 11.9. The molecule has 0 saturated carbocycles. The number of nitrogens with zero attached hydrogens (tertiary/aromatic N) is 2.